The molecule has 1 amide bonds. The molecule has 8 heteroatoms. The first-order valence-electron chi connectivity index (χ1n) is 10.2. The first-order valence-corrected chi connectivity index (χ1v) is 11.7. The van der Waals surface area contributed by atoms with Gasteiger partial charge in [-0.25, -0.2) is 12.8 Å². The molecule has 0 radical (unpaired) electrons. The molecular weight excluding hydrogens is 405 g/mol. The molecular formula is C22H26FN3O3S. The Morgan fingerprint density at radius 2 is 1.97 bits per heavy atom. The number of carbonyl (C=O) groups excluding carboxylic acids is 1. The summed E-state index contributed by atoms with van der Waals surface area (Å²) < 4.78 is 39.8. The van der Waals surface area contributed by atoms with Crippen LogP contribution < -0.4 is 16.0 Å². The summed E-state index contributed by atoms with van der Waals surface area (Å²) in [5.41, 5.74) is 1.07. The maximum absolute atomic E-state index is 14.3. The second-order valence-electron chi connectivity index (χ2n) is 8.07. The fourth-order valence-corrected chi connectivity index (χ4v) is 5.66. The van der Waals surface area contributed by atoms with E-state index in [-0.39, 0.29) is 27.3 Å². The van der Waals surface area contributed by atoms with Crippen molar-refractivity contribution in [3.05, 3.63) is 59.4 Å². The minimum absolute atomic E-state index is 0.0242. The third kappa shape index (κ3) is 4.12. The number of hydrogen-bond donors (Lipinski definition) is 3. The highest BCUT2D eigenvalue weighted by Crippen LogP contribution is 2.26. The number of rotatable bonds is 5. The molecule has 6 nitrogen and oxygen atoms in total. The summed E-state index contributed by atoms with van der Waals surface area (Å²) in [7, 11) is -3.94. The molecule has 0 saturated carbocycles. The zero-order valence-electron chi connectivity index (χ0n) is 16.8. The molecule has 2 aromatic carbocycles. The van der Waals surface area contributed by atoms with E-state index in [1.54, 1.807) is 12.1 Å². The molecule has 160 valence electrons. The lowest BCUT2D eigenvalue weighted by atomic mass is 9.94. The maximum atomic E-state index is 14.3. The Morgan fingerprint density at radius 3 is 2.70 bits per heavy atom. The van der Waals surface area contributed by atoms with Crippen LogP contribution >= 0.6 is 0 Å². The van der Waals surface area contributed by atoms with Gasteiger partial charge in [0, 0.05) is 12.6 Å². The molecule has 2 saturated heterocycles. The Hall–Kier alpha value is -2.29. The number of benzene rings is 2. The summed E-state index contributed by atoms with van der Waals surface area (Å²) in [6.45, 7) is 3.76. The van der Waals surface area contributed by atoms with Crippen molar-refractivity contribution in [2.75, 3.05) is 13.1 Å². The van der Waals surface area contributed by atoms with Crippen molar-refractivity contribution in [2.24, 2.45) is 5.92 Å². The molecule has 0 spiro atoms. The van der Waals surface area contributed by atoms with Gasteiger partial charge in [0.2, 0.25) is 15.7 Å². The normalized spacial score (nSPS) is 23.7. The second-order valence-corrected chi connectivity index (χ2v) is 9.98. The molecule has 0 aromatic heterocycles. The molecule has 30 heavy (non-hydrogen) atoms. The fraction of sp³-hybridized carbons (Fsp3) is 0.409. The van der Waals surface area contributed by atoms with Gasteiger partial charge >= 0.3 is 0 Å². The summed E-state index contributed by atoms with van der Waals surface area (Å²) >= 11 is 0. The number of fused-ring (bicyclic) bond motifs is 1. The highest BCUT2D eigenvalue weighted by Gasteiger charge is 2.38. The number of nitrogens with one attached hydrogen (secondary N) is 3. The van der Waals surface area contributed by atoms with Crippen molar-refractivity contribution < 1.29 is 17.6 Å². The quantitative estimate of drug-likeness (QED) is 0.673. The molecule has 3 atom stereocenters. The van der Waals surface area contributed by atoms with Gasteiger partial charge in [0.1, 0.15) is 10.7 Å². The van der Waals surface area contributed by atoms with E-state index in [0.29, 0.717) is 18.5 Å². The zero-order chi connectivity index (χ0) is 21.3. The van der Waals surface area contributed by atoms with Crippen LogP contribution in [0.2, 0.25) is 0 Å². The fourth-order valence-electron chi connectivity index (χ4n) is 4.26. The lowest BCUT2D eigenvalue weighted by Gasteiger charge is -2.25. The van der Waals surface area contributed by atoms with Gasteiger partial charge in [-0.3, -0.25) is 4.79 Å². The van der Waals surface area contributed by atoms with E-state index >= 15 is 0 Å². The van der Waals surface area contributed by atoms with Crippen molar-refractivity contribution in [3.8, 4) is 0 Å². The topological polar surface area (TPSA) is 87.3 Å². The Bertz CT molecular complexity index is 1030. The highest BCUT2D eigenvalue weighted by molar-refractivity contribution is 7.91. The van der Waals surface area contributed by atoms with Crippen LogP contribution in [0.5, 0.6) is 0 Å². The number of halogens is 1. The molecule has 0 aliphatic carbocycles. The minimum Gasteiger partial charge on any atom is -0.351 e. The van der Waals surface area contributed by atoms with Crippen LogP contribution in [0.15, 0.2) is 52.3 Å². The Morgan fingerprint density at radius 1 is 1.20 bits per heavy atom. The van der Waals surface area contributed by atoms with Crippen molar-refractivity contribution in [1.82, 2.24) is 16.0 Å². The molecule has 4 rings (SSSR count). The van der Waals surface area contributed by atoms with E-state index in [2.05, 4.69) is 16.0 Å². The Balaban J connectivity index is 1.39. The van der Waals surface area contributed by atoms with Gasteiger partial charge in [-0.2, -0.15) is 0 Å². The zero-order valence-corrected chi connectivity index (χ0v) is 17.6. The number of carbonyl (C=O) groups is 1. The van der Waals surface area contributed by atoms with E-state index in [1.807, 2.05) is 0 Å². The van der Waals surface area contributed by atoms with Crippen LogP contribution in [-0.2, 0) is 21.2 Å². The first kappa shape index (κ1) is 21.0. The average molecular weight is 432 g/mol. The van der Waals surface area contributed by atoms with Gasteiger partial charge in [0.25, 0.3) is 0 Å². The molecule has 2 aromatic rings. The van der Waals surface area contributed by atoms with Crippen LogP contribution in [0.3, 0.4) is 0 Å². The molecule has 3 N–H and O–H groups in total. The van der Waals surface area contributed by atoms with Crippen molar-refractivity contribution in [3.63, 3.8) is 0 Å². The molecule has 2 aliphatic heterocycles. The number of hydrogen-bond acceptors (Lipinski definition) is 5. The minimum atomic E-state index is -3.94. The van der Waals surface area contributed by atoms with Crippen LogP contribution in [0, 0.1) is 18.7 Å². The van der Waals surface area contributed by atoms with Gasteiger partial charge in [-0.05, 0) is 68.1 Å². The summed E-state index contributed by atoms with van der Waals surface area (Å²) in [5.74, 6) is -0.280. The first-order chi connectivity index (χ1) is 14.4. The van der Waals surface area contributed by atoms with Gasteiger partial charge in [-0.15, -0.1) is 0 Å². The standard InChI is InChI=1S/C22H26FN3O3S/c1-14-3-2-4-20(21(14)23)30(28,29)17-7-5-15(6-8-17)12-25-22(27)19-11-16-13-24-10-9-18(16)26-19/h2-8,16,18-19,24,26H,9-13H2,1H3,(H,25,27). The molecule has 2 fully saturated rings. The SMILES string of the molecule is Cc1cccc(S(=O)(=O)c2ccc(CNC(=O)C3CC4CNCCC4N3)cc2)c1F. The summed E-state index contributed by atoms with van der Waals surface area (Å²) in [6.07, 6.45) is 1.86. The number of amides is 1. The monoisotopic (exact) mass is 431 g/mol. The van der Waals surface area contributed by atoms with Crippen molar-refractivity contribution in [2.45, 2.75) is 48.2 Å². The van der Waals surface area contributed by atoms with E-state index in [0.717, 1.165) is 31.5 Å². The van der Waals surface area contributed by atoms with E-state index in [9.17, 15) is 17.6 Å². The summed E-state index contributed by atoms with van der Waals surface area (Å²) in [4.78, 5) is 12.2. The van der Waals surface area contributed by atoms with Crippen LogP contribution in [0.1, 0.15) is 24.0 Å². The van der Waals surface area contributed by atoms with Gasteiger partial charge < -0.3 is 16.0 Å². The summed E-state index contributed by atoms with van der Waals surface area (Å²) in [5, 5.41) is 9.71. The van der Waals surface area contributed by atoms with Crippen molar-refractivity contribution in [1.29, 1.82) is 0 Å². The van der Waals surface area contributed by atoms with E-state index in [1.165, 1.54) is 37.3 Å². The maximum Gasteiger partial charge on any atom is 0.237 e. The largest absolute Gasteiger partial charge is 0.351 e. The van der Waals surface area contributed by atoms with Gasteiger partial charge in [0.15, 0.2) is 0 Å². The van der Waals surface area contributed by atoms with Crippen LogP contribution in [-0.4, -0.2) is 39.5 Å². The molecule has 3 unspecified atom stereocenters. The number of sulfone groups is 1. The Labute approximate surface area is 176 Å². The van der Waals surface area contributed by atoms with Crippen LogP contribution in [0.25, 0.3) is 0 Å². The number of aryl methyl sites for hydroxylation is 1. The molecule has 2 aliphatic rings. The number of piperidine rings is 1. The summed E-state index contributed by atoms with van der Waals surface area (Å²) in [6, 6.07) is 10.7. The van der Waals surface area contributed by atoms with E-state index < -0.39 is 15.7 Å². The molecule has 0 bridgehead atoms. The second kappa shape index (κ2) is 8.45. The van der Waals surface area contributed by atoms with Gasteiger partial charge in [-0.1, -0.05) is 24.3 Å². The Kier molecular flexibility index (Phi) is 5.90. The molecule has 2 heterocycles. The van der Waals surface area contributed by atoms with Gasteiger partial charge in [0.05, 0.1) is 10.9 Å². The van der Waals surface area contributed by atoms with Crippen LogP contribution in [0.4, 0.5) is 4.39 Å². The smallest absolute Gasteiger partial charge is 0.237 e. The predicted octanol–water partition coefficient (Wildman–Crippen LogP) is 1.92. The third-order valence-corrected chi connectivity index (χ3v) is 7.81. The highest BCUT2D eigenvalue weighted by atomic mass is 32.2. The average Bonchev–Trinajstić information content (AvgIpc) is 3.18. The predicted molar refractivity (Wildman–Crippen MR) is 111 cm³/mol. The third-order valence-electron chi connectivity index (χ3n) is 6.02. The lowest BCUT2D eigenvalue weighted by Crippen LogP contribution is -2.45. The van der Waals surface area contributed by atoms with E-state index in [4.69, 9.17) is 0 Å². The van der Waals surface area contributed by atoms with Crippen molar-refractivity contribution >= 4 is 15.7 Å². The lowest BCUT2D eigenvalue weighted by molar-refractivity contribution is -0.123.